The zero-order valence-electron chi connectivity index (χ0n) is 4.92. The molecule has 0 aromatic rings. The lowest BCUT2D eigenvalue weighted by Gasteiger charge is -1.96. The zero-order chi connectivity index (χ0) is 7.28. The van der Waals surface area contributed by atoms with Crippen molar-refractivity contribution >= 4 is 20.0 Å². The average Bonchev–Trinajstić information content (AvgIpc) is 1.87. The monoisotopic (exact) mass is 128 g/mol. The maximum atomic E-state index is 10.2. The molecule has 5 heteroatoms. The van der Waals surface area contributed by atoms with Crippen LogP contribution in [0.1, 0.15) is 6.92 Å². The largest absolute Gasteiger partial charge is 0.535 e. The molecule has 0 saturated carbocycles. The number of carbonyl (C=O) groups excluding carboxylic acids is 2. The van der Waals surface area contributed by atoms with Crippen molar-refractivity contribution in [2.75, 3.05) is 6.61 Å². The fraction of sp³-hybridized carbons (Fsp3) is 0.500. The van der Waals surface area contributed by atoms with Gasteiger partial charge in [0.15, 0.2) is 0 Å². The molecule has 0 aliphatic rings. The first-order valence-corrected chi connectivity index (χ1v) is 2.30. The van der Waals surface area contributed by atoms with Gasteiger partial charge in [-0.15, -0.1) is 0 Å². The molecule has 0 spiro atoms. The van der Waals surface area contributed by atoms with Crippen molar-refractivity contribution in [3.63, 3.8) is 0 Å². The minimum absolute atomic E-state index is 0.133. The van der Waals surface area contributed by atoms with Crippen LogP contribution in [0.25, 0.3) is 0 Å². The molecule has 0 heterocycles. The van der Waals surface area contributed by atoms with Gasteiger partial charge in [-0.25, -0.2) is 9.59 Å². The lowest BCUT2D eigenvalue weighted by atomic mass is 10.5. The van der Waals surface area contributed by atoms with Crippen LogP contribution in [0.2, 0.25) is 0 Å². The first-order valence-electron chi connectivity index (χ1n) is 2.30. The van der Waals surface area contributed by atoms with E-state index in [1.807, 2.05) is 0 Å². The molecule has 2 radical (unpaired) electrons. The molecule has 0 aromatic heterocycles. The van der Waals surface area contributed by atoms with Crippen LogP contribution < -0.4 is 0 Å². The first-order chi connectivity index (χ1) is 4.22. The highest BCUT2D eigenvalue weighted by Crippen LogP contribution is 1.79. The smallest absolute Gasteiger partial charge is 0.415 e. The molecule has 0 unspecified atom stereocenters. The highest BCUT2D eigenvalue weighted by atomic mass is 16.6. The summed E-state index contributed by atoms with van der Waals surface area (Å²) in [6.07, 6.45) is 0. The van der Waals surface area contributed by atoms with Crippen molar-refractivity contribution < 1.29 is 19.0 Å². The van der Waals surface area contributed by atoms with Crippen LogP contribution in [0.3, 0.4) is 0 Å². The second kappa shape index (κ2) is 3.94. The topological polar surface area (TPSA) is 52.6 Å². The summed E-state index contributed by atoms with van der Waals surface area (Å²) in [6, 6.07) is 0. The van der Waals surface area contributed by atoms with Gasteiger partial charge in [-0.05, 0) is 6.92 Å². The zero-order valence-corrected chi connectivity index (χ0v) is 4.92. The van der Waals surface area contributed by atoms with Crippen LogP contribution in [0, 0.1) is 0 Å². The second-order valence-electron chi connectivity index (χ2n) is 1.13. The number of rotatable bonds is 1. The van der Waals surface area contributed by atoms with Crippen molar-refractivity contribution in [1.29, 1.82) is 0 Å². The Hall–Kier alpha value is -0.995. The number of hydrogen-bond acceptors (Lipinski definition) is 4. The predicted molar refractivity (Wildman–Crippen MR) is 28.5 cm³/mol. The molecule has 48 valence electrons. The van der Waals surface area contributed by atoms with E-state index in [0.717, 1.165) is 0 Å². The molecular weight excluding hydrogens is 123 g/mol. The Balaban J connectivity index is 3.60. The summed E-state index contributed by atoms with van der Waals surface area (Å²) < 4.78 is 7.75. The van der Waals surface area contributed by atoms with Gasteiger partial charge in [0.2, 0.25) is 0 Å². The summed E-state index contributed by atoms with van der Waals surface area (Å²) in [5, 5.41) is 0. The van der Waals surface area contributed by atoms with Crippen molar-refractivity contribution in [3.8, 4) is 0 Å². The van der Waals surface area contributed by atoms with E-state index in [1.54, 1.807) is 6.92 Å². The third-order valence-corrected chi connectivity index (χ3v) is 0.549. The first kappa shape index (κ1) is 8.00. The van der Waals surface area contributed by atoms with E-state index in [2.05, 4.69) is 17.4 Å². The summed E-state index contributed by atoms with van der Waals surface area (Å²) in [5.74, 6) is -2.25. The normalized spacial score (nSPS) is 8.11. The van der Waals surface area contributed by atoms with Gasteiger partial charge in [0.05, 0.1) is 6.61 Å². The van der Waals surface area contributed by atoms with E-state index in [9.17, 15) is 9.59 Å². The quantitative estimate of drug-likeness (QED) is 0.263. The Morgan fingerprint density at radius 2 is 2.00 bits per heavy atom. The highest BCUT2D eigenvalue weighted by Gasteiger charge is 2.12. The van der Waals surface area contributed by atoms with Crippen molar-refractivity contribution in [2.24, 2.45) is 0 Å². The molecule has 4 nitrogen and oxygen atoms in total. The van der Waals surface area contributed by atoms with E-state index in [1.165, 1.54) is 0 Å². The molecule has 0 bridgehead atoms. The fourth-order valence-corrected chi connectivity index (χ4v) is 0.238. The van der Waals surface area contributed by atoms with Crippen LogP contribution in [-0.2, 0) is 19.0 Å². The Morgan fingerprint density at radius 3 is 2.33 bits per heavy atom. The molecular formula is C4H5BO4. The third-order valence-electron chi connectivity index (χ3n) is 0.549. The Bertz CT molecular complexity index is 122. The number of carbonyl (C=O) groups is 2. The summed E-state index contributed by atoms with van der Waals surface area (Å²) in [6.45, 7) is 1.70. The second-order valence-corrected chi connectivity index (χ2v) is 1.13. The average molecular weight is 128 g/mol. The van der Waals surface area contributed by atoms with Gasteiger partial charge in [0, 0.05) is 0 Å². The summed E-state index contributed by atoms with van der Waals surface area (Å²) >= 11 is 0. The van der Waals surface area contributed by atoms with E-state index in [4.69, 9.17) is 0 Å². The summed E-state index contributed by atoms with van der Waals surface area (Å²) in [5.41, 5.74) is 0. The van der Waals surface area contributed by atoms with Crippen LogP contribution >= 0.6 is 0 Å². The minimum atomic E-state index is -1.18. The number of hydrogen-bond donors (Lipinski definition) is 0. The molecule has 0 atom stereocenters. The van der Waals surface area contributed by atoms with Crippen LogP contribution in [0.5, 0.6) is 0 Å². The third kappa shape index (κ3) is 2.74. The van der Waals surface area contributed by atoms with Crippen LogP contribution in [0.15, 0.2) is 0 Å². The van der Waals surface area contributed by atoms with E-state index in [0.29, 0.717) is 0 Å². The summed E-state index contributed by atoms with van der Waals surface area (Å²) in [4.78, 5) is 20.3. The van der Waals surface area contributed by atoms with Gasteiger partial charge in [-0.1, -0.05) is 0 Å². The standard InChI is InChI=1S/C4H5BO4/c1-2-8-3(6)4(7)9-5/h2H2,1H3. The van der Waals surface area contributed by atoms with E-state index < -0.39 is 11.9 Å². The molecule has 0 aromatic carbocycles. The Labute approximate surface area is 53.6 Å². The highest BCUT2D eigenvalue weighted by molar-refractivity contribution is 6.33. The maximum Gasteiger partial charge on any atom is 0.415 e. The van der Waals surface area contributed by atoms with Gasteiger partial charge in [0.25, 0.3) is 0 Å². The molecule has 0 N–H and O–H groups in total. The predicted octanol–water partition coefficient (Wildman–Crippen LogP) is -0.824. The molecule has 0 aliphatic heterocycles. The molecule has 0 rings (SSSR count). The van der Waals surface area contributed by atoms with Crippen molar-refractivity contribution in [2.45, 2.75) is 6.92 Å². The minimum Gasteiger partial charge on any atom is -0.535 e. The van der Waals surface area contributed by atoms with Gasteiger partial charge in [-0.2, -0.15) is 0 Å². The van der Waals surface area contributed by atoms with E-state index in [-0.39, 0.29) is 6.61 Å². The molecule has 0 aliphatic carbocycles. The lowest BCUT2D eigenvalue weighted by Crippen LogP contribution is -2.18. The van der Waals surface area contributed by atoms with Gasteiger partial charge in [-0.3, -0.25) is 0 Å². The SMILES string of the molecule is [B]OC(=O)C(=O)OCC. The van der Waals surface area contributed by atoms with Gasteiger partial charge < -0.3 is 9.39 Å². The van der Waals surface area contributed by atoms with Crippen molar-refractivity contribution in [1.82, 2.24) is 0 Å². The molecule has 0 amide bonds. The number of esters is 1. The maximum absolute atomic E-state index is 10.2. The van der Waals surface area contributed by atoms with Gasteiger partial charge >= 0.3 is 20.0 Å². The number of ether oxygens (including phenoxy) is 1. The fourth-order valence-electron chi connectivity index (χ4n) is 0.238. The van der Waals surface area contributed by atoms with Crippen molar-refractivity contribution in [3.05, 3.63) is 0 Å². The Kier molecular flexibility index (Phi) is 3.51. The molecule has 9 heavy (non-hydrogen) atoms. The van der Waals surface area contributed by atoms with E-state index >= 15 is 0 Å². The molecule has 0 saturated heterocycles. The lowest BCUT2D eigenvalue weighted by molar-refractivity contribution is -0.161. The van der Waals surface area contributed by atoms with Crippen LogP contribution in [0.4, 0.5) is 0 Å². The molecule has 0 fully saturated rings. The Morgan fingerprint density at radius 1 is 1.44 bits per heavy atom. The van der Waals surface area contributed by atoms with Gasteiger partial charge in [0.1, 0.15) is 0 Å². The van der Waals surface area contributed by atoms with Crippen LogP contribution in [-0.4, -0.2) is 26.6 Å². The summed E-state index contributed by atoms with van der Waals surface area (Å²) in [7, 11) is 4.35.